The predicted octanol–water partition coefficient (Wildman–Crippen LogP) is 1.89. The fourth-order valence-electron chi connectivity index (χ4n) is 3.16. The molecule has 8 heteroatoms. The Morgan fingerprint density at radius 1 is 1.32 bits per heavy atom. The summed E-state index contributed by atoms with van der Waals surface area (Å²) >= 11 is 0. The molecule has 2 aromatic heterocycles. The summed E-state index contributed by atoms with van der Waals surface area (Å²) in [5.74, 6) is 0.863. The molecule has 130 valence electrons. The van der Waals surface area contributed by atoms with Gasteiger partial charge in [0.15, 0.2) is 0 Å². The number of carbonyl (C=O) groups is 1. The summed E-state index contributed by atoms with van der Waals surface area (Å²) in [6.07, 6.45) is 1.71. The van der Waals surface area contributed by atoms with E-state index in [1.807, 2.05) is 35.8 Å². The van der Waals surface area contributed by atoms with Crippen molar-refractivity contribution >= 4 is 16.9 Å². The highest BCUT2D eigenvalue weighted by molar-refractivity contribution is 5.84. The second-order valence-corrected chi connectivity index (χ2v) is 6.10. The average Bonchev–Trinajstić information content (AvgIpc) is 3.27. The number of imidazole rings is 1. The van der Waals surface area contributed by atoms with Crippen molar-refractivity contribution < 1.29 is 13.9 Å². The van der Waals surface area contributed by atoms with Crippen LogP contribution >= 0.6 is 0 Å². The number of aromatic nitrogens is 4. The SMILES string of the molecule is Cc1nnc([C@@H]2COCCN2C(=O)[C@H](C)n2cnc3ccccc32)o1. The number of morpholine rings is 1. The molecule has 0 spiro atoms. The third-order valence-corrected chi connectivity index (χ3v) is 4.49. The molecule has 8 nitrogen and oxygen atoms in total. The van der Waals surface area contributed by atoms with E-state index in [1.165, 1.54) is 0 Å². The van der Waals surface area contributed by atoms with Gasteiger partial charge in [-0.25, -0.2) is 4.98 Å². The van der Waals surface area contributed by atoms with Crippen molar-refractivity contribution in [3.63, 3.8) is 0 Å². The van der Waals surface area contributed by atoms with Gasteiger partial charge in [-0.3, -0.25) is 4.79 Å². The Morgan fingerprint density at radius 3 is 2.96 bits per heavy atom. The normalized spacial score (nSPS) is 19.3. The van der Waals surface area contributed by atoms with Crippen LogP contribution in [0.2, 0.25) is 0 Å². The van der Waals surface area contributed by atoms with Gasteiger partial charge in [0, 0.05) is 13.5 Å². The van der Waals surface area contributed by atoms with Crippen LogP contribution in [-0.4, -0.2) is 50.3 Å². The number of benzene rings is 1. The molecule has 2 atom stereocenters. The second-order valence-electron chi connectivity index (χ2n) is 6.10. The molecule has 25 heavy (non-hydrogen) atoms. The van der Waals surface area contributed by atoms with Gasteiger partial charge in [0.05, 0.1) is 30.6 Å². The van der Waals surface area contributed by atoms with E-state index in [1.54, 1.807) is 18.2 Å². The first-order chi connectivity index (χ1) is 12.1. The molecule has 0 unspecified atom stereocenters. The summed E-state index contributed by atoms with van der Waals surface area (Å²) in [5, 5.41) is 7.93. The molecule has 0 bridgehead atoms. The minimum Gasteiger partial charge on any atom is -0.423 e. The first-order valence-corrected chi connectivity index (χ1v) is 8.25. The largest absolute Gasteiger partial charge is 0.423 e. The number of hydrogen-bond acceptors (Lipinski definition) is 6. The Kier molecular flexibility index (Phi) is 3.96. The lowest BCUT2D eigenvalue weighted by Gasteiger charge is -2.35. The van der Waals surface area contributed by atoms with Gasteiger partial charge in [-0.05, 0) is 19.1 Å². The van der Waals surface area contributed by atoms with Crippen LogP contribution in [0.4, 0.5) is 0 Å². The third kappa shape index (κ3) is 2.78. The summed E-state index contributed by atoms with van der Waals surface area (Å²) in [4.78, 5) is 19.3. The van der Waals surface area contributed by atoms with Gasteiger partial charge >= 0.3 is 0 Å². The Hall–Kier alpha value is -2.74. The van der Waals surface area contributed by atoms with Gasteiger partial charge < -0.3 is 18.6 Å². The van der Waals surface area contributed by atoms with E-state index < -0.39 is 6.04 Å². The maximum Gasteiger partial charge on any atom is 0.246 e. The molecule has 1 saturated heterocycles. The molecule has 0 aliphatic carbocycles. The van der Waals surface area contributed by atoms with Gasteiger partial charge in [-0.15, -0.1) is 10.2 Å². The molecular formula is C17H19N5O3. The number of aryl methyl sites for hydroxylation is 1. The fourth-order valence-corrected chi connectivity index (χ4v) is 3.16. The summed E-state index contributed by atoms with van der Waals surface area (Å²) in [6, 6.07) is 7.02. The summed E-state index contributed by atoms with van der Waals surface area (Å²) < 4.78 is 12.9. The average molecular weight is 341 g/mol. The third-order valence-electron chi connectivity index (χ3n) is 4.49. The maximum absolute atomic E-state index is 13.2. The van der Waals surface area contributed by atoms with Crippen molar-refractivity contribution in [3.05, 3.63) is 42.4 Å². The molecule has 3 aromatic rings. The Morgan fingerprint density at radius 2 is 2.16 bits per heavy atom. The van der Waals surface area contributed by atoms with Crippen LogP contribution in [0.3, 0.4) is 0 Å². The molecule has 1 aliphatic rings. The van der Waals surface area contributed by atoms with E-state index in [2.05, 4.69) is 15.2 Å². The number of ether oxygens (including phenoxy) is 1. The van der Waals surface area contributed by atoms with Crippen LogP contribution in [0.5, 0.6) is 0 Å². The fraction of sp³-hybridized carbons (Fsp3) is 0.412. The molecule has 0 N–H and O–H groups in total. The summed E-state index contributed by atoms with van der Waals surface area (Å²) in [6.45, 7) is 4.94. The quantitative estimate of drug-likeness (QED) is 0.723. The Bertz CT molecular complexity index is 902. The number of rotatable bonds is 3. The van der Waals surface area contributed by atoms with Crippen LogP contribution in [-0.2, 0) is 9.53 Å². The molecular weight excluding hydrogens is 322 g/mol. The van der Waals surface area contributed by atoms with E-state index in [0.29, 0.717) is 31.5 Å². The van der Waals surface area contributed by atoms with E-state index in [4.69, 9.17) is 9.15 Å². The van der Waals surface area contributed by atoms with E-state index in [-0.39, 0.29) is 11.9 Å². The van der Waals surface area contributed by atoms with Crippen LogP contribution in [0.1, 0.15) is 30.8 Å². The van der Waals surface area contributed by atoms with Crippen LogP contribution in [0.15, 0.2) is 35.0 Å². The zero-order valence-corrected chi connectivity index (χ0v) is 14.1. The van der Waals surface area contributed by atoms with Crippen molar-refractivity contribution in [2.24, 2.45) is 0 Å². The van der Waals surface area contributed by atoms with Gasteiger partial charge in [0.1, 0.15) is 12.1 Å². The first kappa shape index (κ1) is 15.8. The highest BCUT2D eigenvalue weighted by Gasteiger charge is 2.35. The molecule has 0 saturated carbocycles. The van der Waals surface area contributed by atoms with Gasteiger partial charge in [0.2, 0.25) is 17.7 Å². The van der Waals surface area contributed by atoms with Crippen LogP contribution < -0.4 is 0 Å². The topological polar surface area (TPSA) is 86.3 Å². The van der Waals surface area contributed by atoms with Crippen LogP contribution in [0, 0.1) is 6.92 Å². The van der Waals surface area contributed by atoms with Crippen molar-refractivity contribution in [2.75, 3.05) is 19.8 Å². The minimum atomic E-state index is -0.392. The molecule has 1 aromatic carbocycles. The standard InChI is InChI=1S/C17H19N5O3/c1-11(22-10-18-13-5-3-4-6-14(13)22)17(23)21-7-8-24-9-15(21)16-20-19-12(2)25-16/h3-6,10-11,15H,7-9H2,1-2H3/t11-,15-/m0/s1. The highest BCUT2D eigenvalue weighted by atomic mass is 16.5. The lowest BCUT2D eigenvalue weighted by molar-refractivity contribution is -0.144. The number of fused-ring (bicyclic) bond motifs is 1. The summed E-state index contributed by atoms with van der Waals surface area (Å²) in [7, 11) is 0. The maximum atomic E-state index is 13.2. The minimum absolute atomic E-state index is 0.0210. The first-order valence-electron chi connectivity index (χ1n) is 8.25. The second kappa shape index (κ2) is 6.29. The number of hydrogen-bond donors (Lipinski definition) is 0. The number of amides is 1. The molecule has 4 rings (SSSR count). The van der Waals surface area contributed by atoms with Crippen molar-refractivity contribution in [1.29, 1.82) is 0 Å². The highest BCUT2D eigenvalue weighted by Crippen LogP contribution is 2.27. The smallest absolute Gasteiger partial charge is 0.246 e. The van der Waals surface area contributed by atoms with E-state index >= 15 is 0 Å². The van der Waals surface area contributed by atoms with Gasteiger partial charge in [-0.1, -0.05) is 12.1 Å². The molecule has 3 heterocycles. The Balaban J connectivity index is 1.63. The van der Waals surface area contributed by atoms with Gasteiger partial charge in [-0.2, -0.15) is 0 Å². The zero-order valence-electron chi connectivity index (χ0n) is 14.1. The van der Waals surface area contributed by atoms with Crippen LogP contribution in [0.25, 0.3) is 11.0 Å². The van der Waals surface area contributed by atoms with E-state index in [0.717, 1.165) is 11.0 Å². The summed E-state index contributed by atoms with van der Waals surface area (Å²) in [5.41, 5.74) is 1.80. The van der Waals surface area contributed by atoms with Crippen molar-refractivity contribution in [3.8, 4) is 0 Å². The zero-order chi connectivity index (χ0) is 17.4. The number of carbonyl (C=O) groups excluding carboxylic acids is 1. The molecule has 0 radical (unpaired) electrons. The van der Waals surface area contributed by atoms with E-state index in [9.17, 15) is 4.79 Å². The molecule has 1 aliphatic heterocycles. The van der Waals surface area contributed by atoms with Gasteiger partial charge in [0.25, 0.3) is 0 Å². The van der Waals surface area contributed by atoms with Crippen molar-refractivity contribution in [1.82, 2.24) is 24.6 Å². The Labute approximate surface area is 144 Å². The number of nitrogens with zero attached hydrogens (tertiary/aromatic N) is 5. The molecule has 1 fully saturated rings. The lowest BCUT2D eigenvalue weighted by atomic mass is 10.1. The predicted molar refractivity (Wildman–Crippen MR) is 88.8 cm³/mol. The molecule has 1 amide bonds. The monoisotopic (exact) mass is 341 g/mol. The number of para-hydroxylation sites is 2. The lowest BCUT2D eigenvalue weighted by Crippen LogP contribution is -2.46. The van der Waals surface area contributed by atoms with Crippen molar-refractivity contribution in [2.45, 2.75) is 25.9 Å².